The van der Waals surface area contributed by atoms with Gasteiger partial charge in [0.1, 0.15) is 6.42 Å². The normalized spacial score (nSPS) is 9.84. The monoisotopic (exact) mass is 264 g/mol. The lowest BCUT2D eigenvalue weighted by atomic mass is 10.2. The van der Waals surface area contributed by atoms with E-state index in [0.29, 0.717) is 6.54 Å². The van der Waals surface area contributed by atoms with Crippen LogP contribution < -0.4 is 10.2 Å². The van der Waals surface area contributed by atoms with Crippen LogP contribution in [0.3, 0.4) is 0 Å². The van der Waals surface area contributed by atoms with E-state index in [-0.39, 0.29) is 18.9 Å². The van der Waals surface area contributed by atoms with Gasteiger partial charge in [0.25, 0.3) is 0 Å². The van der Waals surface area contributed by atoms with E-state index < -0.39 is 5.97 Å². The number of nitrogens with zero attached hydrogens (tertiary/aromatic N) is 1. The summed E-state index contributed by atoms with van der Waals surface area (Å²) < 4.78 is 4.70. The van der Waals surface area contributed by atoms with E-state index in [4.69, 9.17) is 4.74 Å². The molecule has 1 N–H and O–H groups in total. The Morgan fingerprint density at radius 2 is 1.84 bits per heavy atom. The predicted molar refractivity (Wildman–Crippen MR) is 73.9 cm³/mol. The molecule has 0 atom stereocenters. The second-order valence-electron chi connectivity index (χ2n) is 4.32. The molecule has 1 aromatic rings. The molecule has 0 fully saturated rings. The van der Waals surface area contributed by atoms with E-state index in [1.807, 2.05) is 43.3 Å². The van der Waals surface area contributed by atoms with Crippen LogP contribution in [0, 0.1) is 0 Å². The summed E-state index contributed by atoms with van der Waals surface area (Å²) in [6.45, 7) is 2.41. The number of benzene rings is 1. The summed E-state index contributed by atoms with van der Waals surface area (Å²) in [6.07, 6.45) is -0.233. The molecule has 0 spiro atoms. The molecule has 0 radical (unpaired) electrons. The number of rotatable bonds is 6. The highest BCUT2D eigenvalue weighted by Crippen LogP contribution is 2.11. The van der Waals surface area contributed by atoms with Crippen LogP contribution in [0.5, 0.6) is 0 Å². The minimum Gasteiger partial charge on any atom is -0.466 e. The van der Waals surface area contributed by atoms with Crippen molar-refractivity contribution in [2.24, 2.45) is 0 Å². The maximum Gasteiger partial charge on any atom is 0.315 e. The summed E-state index contributed by atoms with van der Waals surface area (Å²) in [4.78, 5) is 24.6. The van der Waals surface area contributed by atoms with Gasteiger partial charge in [0, 0.05) is 26.3 Å². The van der Waals surface area contributed by atoms with E-state index in [0.717, 1.165) is 11.3 Å². The second-order valence-corrected chi connectivity index (χ2v) is 4.32. The van der Waals surface area contributed by atoms with Gasteiger partial charge < -0.3 is 15.0 Å². The average molecular weight is 264 g/mol. The standard InChI is InChI=1S/C14H20N2O3/c1-4-19-14(18)9-13(17)15-10-11-5-7-12(8-6-11)16(2)3/h5-8H,4,9-10H2,1-3H3,(H,15,17). The van der Waals surface area contributed by atoms with Gasteiger partial charge in [0.2, 0.25) is 5.91 Å². The zero-order valence-electron chi connectivity index (χ0n) is 11.6. The van der Waals surface area contributed by atoms with Crippen molar-refractivity contribution in [1.82, 2.24) is 5.32 Å². The highest BCUT2D eigenvalue weighted by Gasteiger charge is 2.09. The zero-order valence-corrected chi connectivity index (χ0v) is 11.6. The number of carbonyl (C=O) groups excluding carboxylic acids is 2. The first-order valence-electron chi connectivity index (χ1n) is 6.21. The van der Waals surface area contributed by atoms with E-state index in [1.54, 1.807) is 6.92 Å². The lowest BCUT2D eigenvalue weighted by Crippen LogP contribution is -2.26. The van der Waals surface area contributed by atoms with E-state index >= 15 is 0 Å². The molecule has 0 aliphatic carbocycles. The molecule has 0 saturated carbocycles. The molecule has 1 aromatic carbocycles. The Labute approximate surface area is 113 Å². The Balaban J connectivity index is 2.39. The number of anilines is 1. The Morgan fingerprint density at radius 1 is 1.21 bits per heavy atom. The van der Waals surface area contributed by atoms with E-state index in [2.05, 4.69) is 5.32 Å². The van der Waals surface area contributed by atoms with Crippen molar-refractivity contribution in [3.05, 3.63) is 29.8 Å². The maximum absolute atomic E-state index is 11.5. The largest absolute Gasteiger partial charge is 0.466 e. The van der Waals surface area contributed by atoms with E-state index in [9.17, 15) is 9.59 Å². The minimum atomic E-state index is -0.497. The van der Waals surface area contributed by atoms with Crippen molar-refractivity contribution in [2.75, 3.05) is 25.6 Å². The maximum atomic E-state index is 11.5. The summed E-state index contributed by atoms with van der Waals surface area (Å²) in [5.74, 6) is -0.821. The third-order valence-electron chi connectivity index (χ3n) is 2.55. The van der Waals surface area contributed by atoms with Gasteiger partial charge in [-0.1, -0.05) is 12.1 Å². The van der Waals surface area contributed by atoms with Gasteiger partial charge in [-0.05, 0) is 24.6 Å². The topological polar surface area (TPSA) is 58.6 Å². The molecule has 0 aliphatic rings. The molecule has 1 rings (SSSR count). The van der Waals surface area contributed by atoms with Crippen LogP contribution in [0.1, 0.15) is 18.9 Å². The number of ether oxygens (including phenoxy) is 1. The van der Waals surface area contributed by atoms with Crippen LogP contribution >= 0.6 is 0 Å². The second kappa shape index (κ2) is 7.41. The smallest absolute Gasteiger partial charge is 0.315 e. The summed E-state index contributed by atoms with van der Waals surface area (Å²) >= 11 is 0. The first kappa shape index (κ1) is 15.0. The molecule has 104 valence electrons. The highest BCUT2D eigenvalue weighted by molar-refractivity contribution is 5.94. The van der Waals surface area contributed by atoms with Crippen molar-refractivity contribution in [2.45, 2.75) is 19.9 Å². The van der Waals surface area contributed by atoms with Crippen LogP contribution in [0.4, 0.5) is 5.69 Å². The van der Waals surface area contributed by atoms with Crippen LogP contribution in [0.15, 0.2) is 24.3 Å². The Kier molecular flexibility index (Phi) is 5.85. The van der Waals surface area contributed by atoms with Gasteiger partial charge in [-0.15, -0.1) is 0 Å². The number of carbonyl (C=O) groups is 2. The fraction of sp³-hybridized carbons (Fsp3) is 0.429. The first-order chi connectivity index (χ1) is 9.02. The molecule has 19 heavy (non-hydrogen) atoms. The van der Waals surface area contributed by atoms with Crippen molar-refractivity contribution in [1.29, 1.82) is 0 Å². The first-order valence-corrected chi connectivity index (χ1v) is 6.21. The molecule has 1 amide bonds. The van der Waals surface area contributed by atoms with Crippen LogP contribution in [-0.4, -0.2) is 32.6 Å². The number of hydrogen-bond acceptors (Lipinski definition) is 4. The van der Waals surface area contributed by atoms with Gasteiger partial charge in [-0.25, -0.2) is 0 Å². The number of esters is 1. The van der Waals surface area contributed by atoms with E-state index in [1.165, 1.54) is 0 Å². The lowest BCUT2D eigenvalue weighted by Gasteiger charge is -2.12. The van der Waals surface area contributed by atoms with Gasteiger partial charge in [-0.2, -0.15) is 0 Å². The molecule has 0 heterocycles. The molecular weight excluding hydrogens is 244 g/mol. The SMILES string of the molecule is CCOC(=O)CC(=O)NCc1ccc(N(C)C)cc1. The van der Waals surface area contributed by atoms with Gasteiger partial charge in [-0.3, -0.25) is 9.59 Å². The molecule has 0 aromatic heterocycles. The zero-order chi connectivity index (χ0) is 14.3. The van der Waals surface area contributed by atoms with Gasteiger partial charge in [0.05, 0.1) is 6.61 Å². The molecule has 5 heteroatoms. The molecule has 0 bridgehead atoms. The minimum absolute atomic E-state index is 0.233. The third kappa shape index (κ3) is 5.42. The average Bonchev–Trinajstić information content (AvgIpc) is 2.37. The third-order valence-corrected chi connectivity index (χ3v) is 2.55. The van der Waals surface area contributed by atoms with Gasteiger partial charge >= 0.3 is 5.97 Å². The van der Waals surface area contributed by atoms with Crippen molar-refractivity contribution >= 4 is 17.6 Å². The van der Waals surface area contributed by atoms with Crippen molar-refractivity contribution in [3.8, 4) is 0 Å². The number of nitrogens with one attached hydrogen (secondary N) is 1. The Hall–Kier alpha value is -2.04. The Bertz CT molecular complexity index is 427. The molecule has 0 saturated heterocycles. The summed E-state index contributed by atoms with van der Waals surface area (Å²) in [7, 11) is 3.94. The van der Waals surface area contributed by atoms with Crippen molar-refractivity contribution < 1.29 is 14.3 Å². The predicted octanol–water partition coefficient (Wildman–Crippen LogP) is 1.32. The number of amides is 1. The quantitative estimate of drug-likeness (QED) is 0.622. The molecule has 0 unspecified atom stereocenters. The molecule has 5 nitrogen and oxygen atoms in total. The summed E-state index contributed by atoms with van der Waals surface area (Å²) in [5.41, 5.74) is 2.09. The molecular formula is C14H20N2O3. The fourth-order valence-corrected chi connectivity index (χ4v) is 1.52. The highest BCUT2D eigenvalue weighted by atomic mass is 16.5. The van der Waals surface area contributed by atoms with Crippen LogP contribution in [-0.2, 0) is 20.9 Å². The lowest BCUT2D eigenvalue weighted by molar-refractivity contribution is -0.146. The fourth-order valence-electron chi connectivity index (χ4n) is 1.52. The summed E-state index contributed by atoms with van der Waals surface area (Å²) in [6, 6.07) is 7.85. The van der Waals surface area contributed by atoms with Gasteiger partial charge in [0.15, 0.2) is 0 Å². The van der Waals surface area contributed by atoms with Crippen LogP contribution in [0.2, 0.25) is 0 Å². The van der Waals surface area contributed by atoms with Crippen molar-refractivity contribution in [3.63, 3.8) is 0 Å². The number of hydrogen-bond donors (Lipinski definition) is 1. The summed E-state index contributed by atoms with van der Waals surface area (Å²) in [5, 5.41) is 2.68. The Morgan fingerprint density at radius 3 is 2.37 bits per heavy atom. The molecule has 0 aliphatic heterocycles. The van der Waals surface area contributed by atoms with Crippen LogP contribution in [0.25, 0.3) is 0 Å².